The number of hydrogen-bond acceptors (Lipinski definition) is 1. The Balaban J connectivity index is 1.99. The highest BCUT2D eigenvalue weighted by Crippen LogP contribution is 2.16. The van der Waals surface area contributed by atoms with Crippen LogP contribution in [0.2, 0.25) is 0 Å². The standard InChI is InChI=1S/C8H14O/c1-7(2)9-6-8-4-3-5-8/h3-4,7-8H,5-6H2,1-2H3. The normalized spacial score (nSPS) is 24.6. The van der Waals surface area contributed by atoms with E-state index in [-0.39, 0.29) is 0 Å². The van der Waals surface area contributed by atoms with Gasteiger partial charge in [0.15, 0.2) is 0 Å². The molecule has 52 valence electrons. The predicted octanol–water partition coefficient (Wildman–Crippen LogP) is 1.99. The van der Waals surface area contributed by atoms with Gasteiger partial charge in [0.25, 0.3) is 0 Å². The first kappa shape index (κ1) is 6.81. The molecular formula is C8H14O. The van der Waals surface area contributed by atoms with Gasteiger partial charge in [-0.2, -0.15) is 0 Å². The van der Waals surface area contributed by atoms with Crippen LogP contribution in [0.15, 0.2) is 12.2 Å². The van der Waals surface area contributed by atoms with Gasteiger partial charge in [-0.1, -0.05) is 12.2 Å². The Kier molecular flexibility index (Phi) is 2.29. The van der Waals surface area contributed by atoms with Crippen LogP contribution in [0.5, 0.6) is 0 Å². The van der Waals surface area contributed by atoms with Gasteiger partial charge >= 0.3 is 0 Å². The summed E-state index contributed by atoms with van der Waals surface area (Å²) in [6.07, 6.45) is 6.00. The van der Waals surface area contributed by atoms with E-state index in [9.17, 15) is 0 Å². The van der Waals surface area contributed by atoms with E-state index in [1.54, 1.807) is 0 Å². The van der Waals surface area contributed by atoms with Gasteiger partial charge in [0.2, 0.25) is 0 Å². The van der Waals surface area contributed by atoms with Crippen LogP contribution in [0, 0.1) is 5.92 Å². The predicted molar refractivity (Wildman–Crippen MR) is 38.3 cm³/mol. The molecule has 0 saturated carbocycles. The van der Waals surface area contributed by atoms with Crippen LogP contribution in [-0.2, 0) is 4.74 Å². The van der Waals surface area contributed by atoms with Gasteiger partial charge in [0.05, 0.1) is 12.7 Å². The van der Waals surface area contributed by atoms with Gasteiger partial charge in [0, 0.05) is 5.92 Å². The Labute approximate surface area is 56.7 Å². The third-order valence-corrected chi connectivity index (χ3v) is 1.49. The van der Waals surface area contributed by atoms with E-state index in [1.807, 2.05) is 0 Å². The Morgan fingerprint density at radius 1 is 1.67 bits per heavy atom. The maximum Gasteiger partial charge on any atom is 0.0535 e. The number of ether oxygens (including phenoxy) is 1. The zero-order chi connectivity index (χ0) is 6.69. The van der Waals surface area contributed by atoms with Crippen LogP contribution in [0.4, 0.5) is 0 Å². The monoisotopic (exact) mass is 126 g/mol. The van der Waals surface area contributed by atoms with Gasteiger partial charge in [-0.05, 0) is 20.3 Å². The summed E-state index contributed by atoms with van der Waals surface area (Å²) < 4.78 is 5.39. The molecule has 1 unspecified atom stereocenters. The first-order chi connectivity index (χ1) is 4.29. The topological polar surface area (TPSA) is 9.23 Å². The van der Waals surface area contributed by atoms with E-state index < -0.39 is 0 Å². The lowest BCUT2D eigenvalue weighted by molar-refractivity contribution is 0.0587. The van der Waals surface area contributed by atoms with Crippen LogP contribution < -0.4 is 0 Å². The van der Waals surface area contributed by atoms with E-state index >= 15 is 0 Å². The number of allylic oxidation sites excluding steroid dienone is 1. The smallest absolute Gasteiger partial charge is 0.0535 e. The number of rotatable bonds is 3. The molecule has 0 saturated heterocycles. The molecule has 0 heterocycles. The fraction of sp³-hybridized carbons (Fsp3) is 0.750. The highest BCUT2D eigenvalue weighted by molar-refractivity contribution is 5.01. The average Bonchev–Trinajstić information content (AvgIpc) is 1.60. The third-order valence-electron chi connectivity index (χ3n) is 1.49. The molecule has 0 fully saturated rings. The maximum absolute atomic E-state index is 5.39. The highest BCUT2D eigenvalue weighted by atomic mass is 16.5. The minimum absolute atomic E-state index is 0.388. The van der Waals surface area contributed by atoms with E-state index in [2.05, 4.69) is 26.0 Å². The van der Waals surface area contributed by atoms with Crippen LogP contribution in [0.1, 0.15) is 20.3 Å². The summed E-state index contributed by atoms with van der Waals surface area (Å²) in [5, 5.41) is 0. The molecule has 0 bridgehead atoms. The first-order valence-electron chi connectivity index (χ1n) is 3.57. The molecule has 1 nitrogen and oxygen atoms in total. The van der Waals surface area contributed by atoms with Crippen molar-refractivity contribution in [1.29, 1.82) is 0 Å². The molecule has 0 aromatic carbocycles. The molecule has 0 amide bonds. The molecule has 0 aromatic heterocycles. The molecule has 1 aliphatic carbocycles. The summed E-state index contributed by atoms with van der Waals surface area (Å²) in [5.74, 6) is 0.715. The largest absolute Gasteiger partial charge is 0.378 e. The minimum Gasteiger partial charge on any atom is -0.378 e. The zero-order valence-corrected chi connectivity index (χ0v) is 6.13. The Morgan fingerprint density at radius 3 is 2.67 bits per heavy atom. The van der Waals surface area contributed by atoms with Crippen molar-refractivity contribution in [1.82, 2.24) is 0 Å². The van der Waals surface area contributed by atoms with Gasteiger partial charge in [0.1, 0.15) is 0 Å². The summed E-state index contributed by atoms with van der Waals surface area (Å²) in [6.45, 7) is 5.05. The second-order valence-electron chi connectivity index (χ2n) is 2.81. The van der Waals surface area contributed by atoms with Crippen molar-refractivity contribution in [2.45, 2.75) is 26.4 Å². The summed E-state index contributed by atoms with van der Waals surface area (Å²) in [5.41, 5.74) is 0. The van der Waals surface area contributed by atoms with Crippen molar-refractivity contribution in [3.05, 3.63) is 12.2 Å². The fourth-order valence-electron chi connectivity index (χ4n) is 0.768. The van der Waals surface area contributed by atoms with E-state index in [0.29, 0.717) is 12.0 Å². The van der Waals surface area contributed by atoms with E-state index in [0.717, 1.165) is 6.61 Å². The zero-order valence-electron chi connectivity index (χ0n) is 6.13. The summed E-state index contributed by atoms with van der Waals surface area (Å²) in [4.78, 5) is 0. The number of hydrogen-bond donors (Lipinski definition) is 0. The second-order valence-corrected chi connectivity index (χ2v) is 2.81. The fourth-order valence-corrected chi connectivity index (χ4v) is 0.768. The molecular weight excluding hydrogens is 112 g/mol. The summed E-state index contributed by atoms with van der Waals surface area (Å²) in [7, 11) is 0. The molecule has 0 N–H and O–H groups in total. The Morgan fingerprint density at radius 2 is 2.33 bits per heavy atom. The lowest BCUT2D eigenvalue weighted by Crippen LogP contribution is -2.14. The van der Waals surface area contributed by atoms with E-state index in [4.69, 9.17) is 4.74 Å². The first-order valence-corrected chi connectivity index (χ1v) is 3.57. The van der Waals surface area contributed by atoms with Crippen molar-refractivity contribution in [2.75, 3.05) is 6.61 Å². The van der Waals surface area contributed by atoms with Crippen LogP contribution in [-0.4, -0.2) is 12.7 Å². The average molecular weight is 126 g/mol. The van der Waals surface area contributed by atoms with Gasteiger partial charge in [-0.3, -0.25) is 0 Å². The van der Waals surface area contributed by atoms with Crippen LogP contribution >= 0.6 is 0 Å². The lowest BCUT2D eigenvalue weighted by atomic mass is 9.97. The van der Waals surface area contributed by atoms with Gasteiger partial charge < -0.3 is 4.74 Å². The molecule has 1 heteroatoms. The second kappa shape index (κ2) is 3.02. The third kappa shape index (κ3) is 2.19. The van der Waals surface area contributed by atoms with Gasteiger partial charge in [-0.15, -0.1) is 0 Å². The van der Waals surface area contributed by atoms with Crippen molar-refractivity contribution < 1.29 is 4.74 Å². The van der Waals surface area contributed by atoms with Crippen molar-refractivity contribution in [3.63, 3.8) is 0 Å². The molecule has 1 rings (SSSR count). The maximum atomic E-state index is 5.39. The quantitative estimate of drug-likeness (QED) is 0.525. The Bertz CT molecular complexity index is 105. The Hall–Kier alpha value is -0.300. The van der Waals surface area contributed by atoms with Crippen molar-refractivity contribution in [2.24, 2.45) is 5.92 Å². The van der Waals surface area contributed by atoms with Crippen molar-refractivity contribution >= 4 is 0 Å². The molecule has 1 aliphatic rings. The minimum atomic E-state index is 0.388. The summed E-state index contributed by atoms with van der Waals surface area (Å²) in [6, 6.07) is 0. The molecule has 9 heavy (non-hydrogen) atoms. The molecule has 0 radical (unpaired) electrons. The SMILES string of the molecule is CC(C)OCC1C=CC1. The van der Waals surface area contributed by atoms with Crippen molar-refractivity contribution in [3.8, 4) is 0 Å². The summed E-state index contributed by atoms with van der Waals surface area (Å²) >= 11 is 0. The van der Waals surface area contributed by atoms with E-state index in [1.165, 1.54) is 6.42 Å². The van der Waals surface area contributed by atoms with Crippen LogP contribution in [0.25, 0.3) is 0 Å². The highest BCUT2D eigenvalue weighted by Gasteiger charge is 2.09. The molecule has 1 atom stereocenters. The molecule has 0 aromatic rings. The lowest BCUT2D eigenvalue weighted by Gasteiger charge is -2.18. The van der Waals surface area contributed by atoms with Gasteiger partial charge in [-0.25, -0.2) is 0 Å². The molecule has 0 spiro atoms. The van der Waals surface area contributed by atoms with Crippen LogP contribution in [0.3, 0.4) is 0 Å². The molecule has 0 aliphatic heterocycles.